The number of nitrogens with zero attached hydrogens (tertiary/aromatic N) is 5. The zero-order valence-electron chi connectivity index (χ0n) is 15.3. The zero-order valence-corrected chi connectivity index (χ0v) is 15.3. The molecular formula is C17H17F2N7O2. The first-order valence-corrected chi connectivity index (χ1v) is 8.10. The molecule has 0 aliphatic rings. The summed E-state index contributed by atoms with van der Waals surface area (Å²) in [6.45, 7) is 1.82. The van der Waals surface area contributed by atoms with Crippen LogP contribution in [0.2, 0.25) is 0 Å². The number of carbonyl (C=O) groups excluding carboxylic acids is 1. The van der Waals surface area contributed by atoms with E-state index in [4.69, 9.17) is 10.2 Å². The number of hydrogen-bond donors (Lipinski definition) is 2. The van der Waals surface area contributed by atoms with Gasteiger partial charge in [-0.1, -0.05) is 0 Å². The lowest BCUT2D eigenvalue weighted by molar-refractivity contribution is 0.0827. The summed E-state index contributed by atoms with van der Waals surface area (Å²) in [5.41, 5.74) is 8.02. The minimum Gasteiger partial charge on any atom is -0.415 e. The predicted octanol–water partition coefficient (Wildman–Crippen LogP) is 2.80. The Morgan fingerprint density at radius 2 is 2.04 bits per heavy atom. The van der Waals surface area contributed by atoms with Crippen molar-refractivity contribution in [1.82, 2.24) is 25.1 Å². The summed E-state index contributed by atoms with van der Waals surface area (Å²) in [5.74, 6) is -0.933. The van der Waals surface area contributed by atoms with Crippen LogP contribution in [0.3, 0.4) is 0 Å². The number of aromatic nitrogens is 4. The van der Waals surface area contributed by atoms with E-state index in [1.807, 2.05) is 6.92 Å². The topological polar surface area (TPSA) is 123 Å². The highest BCUT2D eigenvalue weighted by Crippen LogP contribution is 2.27. The molecule has 0 unspecified atom stereocenters. The highest BCUT2D eigenvalue weighted by molar-refractivity contribution is 5.95. The fourth-order valence-corrected chi connectivity index (χ4v) is 2.40. The Morgan fingerprint density at radius 3 is 2.61 bits per heavy atom. The average Bonchev–Trinajstić information content (AvgIpc) is 3.11. The number of alkyl halides is 2. The van der Waals surface area contributed by atoms with E-state index >= 15 is 0 Å². The number of hydrogen-bond acceptors (Lipinski definition) is 8. The van der Waals surface area contributed by atoms with Crippen LogP contribution in [-0.4, -0.2) is 45.1 Å². The molecule has 1 amide bonds. The number of aryl methyl sites for hydroxylation is 1. The molecule has 0 saturated carbocycles. The summed E-state index contributed by atoms with van der Waals surface area (Å²) in [4.78, 5) is 21.8. The quantitative estimate of drug-likeness (QED) is 0.683. The summed E-state index contributed by atoms with van der Waals surface area (Å²) >= 11 is 0. The van der Waals surface area contributed by atoms with Crippen LogP contribution in [0.4, 0.5) is 26.2 Å². The Bertz CT molecular complexity index is 1020. The molecule has 3 rings (SSSR count). The van der Waals surface area contributed by atoms with Gasteiger partial charge in [0, 0.05) is 31.5 Å². The summed E-state index contributed by atoms with van der Waals surface area (Å²) in [6.07, 6.45) is -1.58. The zero-order chi connectivity index (χ0) is 20.4. The Balaban J connectivity index is 1.81. The third-order valence-corrected chi connectivity index (χ3v) is 3.80. The van der Waals surface area contributed by atoms with Crippen LogP contribution in [0.1, 0.15) is 28.2 Å². The van der Waals surface area contributed by atoms with Crippen LogP contribution < -0.4 is 11.1 Å². The fourth-order valence-electron chi connectivity index (χ4n) is 2.40. The second kappa shape index (κ2) is 7.55. The second-order valence-electron chi connectivity index (χ2n) is 6.09. The Kier molecular flexibility index (Phi) is 5.16. The standard InChI is InChI=1S/C17H17F2N7O2/c1-8-6-9(4-5-10(8)16(27)26(2)3)22-17-21-7-11(13(20)23-17)14-24-25-15(28-14)12(18)19/h4-7,12H,1-3H3,(H3,20,21,22,23). The number of anilines is 3. The molecule has 11 heteroatoms. The molecule has 0 fully saturated rings. The maximum absolute atomic E-state index is 12.6. The lowest BCUT2D eigenvalue weighted by Crippen LogP contribution is -2.22. The van der Waals surface area contributed by atoms with Gasteiger partial charge in [-0.2, -0.15) is 13.8 Å². The highest BCUT2D eigenvalue weighted by atomic mass is 19.3. The number of nitrogens with one attached hydrogen (secondary N) is 1. The van der Waals surface area contributed by atoms with Crippen molar-refractivity contribution >= 4 is 23.4 Å². The number of benzene rings is 1. The largest absolute Gasteiger partial charge is 0.415 e. The number of halogens is 2. The Labute approximate surface area is 158 Å². The first-order valence-electron chi connectivity index (χ1n) is 8.10. The number of amides is 1. The molecule has 3 aromatic rings. The molecule has 1 aromatic carbocycles. The minimum atomic E-state index is -2.88. The molecule has 0 atom stereocenters. The molecule has 146 valence electrons. The van der Waals surface area contributed by atoms with Crippen molar-refractivity contribution in [3.05, 3.63) is 41.4 Å². The molecule has 0 spiro atoms. The molecule has 0 saturated heterocycles. The summed E-state index contributed by atoms with van der Waals surface area (Å²) in [6, 6.07) is 5.18. The van der Waals surface area contributed by atoms with E-state index in [2.05, 4.69) is 25.5 Å². The Morgan fingerprint density at radius 1 is 1.29 bits per heavy atom. The maximum atomic E-state index is 12.6. The van der Waals surface area contributed by atoms with Crippen molar-refractivity contribution in [2.45, 2.75) is 13.3 Å². The van der Waals surface area contributed by atoms with Gasteiger partial charge >= 0.3 is 6.43 Å². The van der Waals surface area contributed by atoms with Crippen molar-refractivity contribution in [3.8, 4) is 11.5 Å². The van der Waals surface area contributed by atoms with Crippen molar-refractivity contribution in [2.75, 3.05) is 25.1 Å². The maximum Gasteiger partial charge on any atom is 0.314 e. The van der Waals surface area contributed by atoms with Gasteiger partial charge in [-0.05, 0) is 30.7 Å². The van der Waals surface area contributed by atoms with Crippen molar-refractivity contribution in [3.63, 3.8) is 0 Å². The molecular weight excluding hydrogens is 372 g/mol. The van der Waals surface area contributed by atoms with Crippen LogP contribution in [0.15, 0.2) is 28.8 Å². The number of carbonyl (C=O) groups is 1. The third kappa shape index (κ3) is 3.87. The van der Waals surface area contributed by atoms with Gasteiger partial charge in [-0.3, -0.25) is 4.79 Å². The molecule has 3 N–H and O–H groups in total. The minimum absolute atomic E-state index is 0.0157. The van der Waals surface area contributed by atoms with E-state index in [1.54, 1.807) is 32.3 Å². The van der Waals surface area contributed by atoms with Gasteiger partial charge in [0.1, 0.15) is 5.82 Å². The van der Waals surface area contributed by atoms with Crippen LogP contribution in [0.5, 0.6) is 0 Å². The fraction of sp³-hybridized carbons (Fsp3) is 0.235. The van der Waals surface area contributed by atoms with Gasteiger partial charge in [0.2, 0.25) is 5.95 Å². The van der Waals surface area contributed by atoms with Crippen molar-refractivity contribution in [2.24, 2.45) is 0 Å². The highest BCUT2D eigenvalue weighted by Gasteiger charge is 2.19. The van der Waals surface area contributed by atoms with Crippen LogP contribution in [-0.2, 0) is 0 Å². The van der Waals surface area contributed by atoms with Crippen molar-refractivity contribution in [1.29, 1.82) is 0 Å². The Hall–Kier alpha value is -3.63. The van der Waals surface area contributed by atoms with E-state index < -0.39 is 12.3 Å². The number of nitrogen functional groups attached to an aromatic ring is 1. The van der Waals surface area contributed by atoms with E-state index in [1.165, 1.54) is 11.1 Å². The van der Waals surface area contributed by atoms with Gasteiger partial charge in [0.25, 0.3) is 17.7 Å². The average molecular weight is 389 g/mol. The molecule has 9 nitrogen and oxygen atoms in total. The third-order valence-electron chi connectivity index (χ3n) is 3.80. The monoisotopic (exact) mass is 389 g/mol. The SMILES string of the molecule is Cc1cc(Nc2ncc(-c3nnc(C(F)F)o3)c(N)n2)ccc1C(=O)N(C)C. The van der Waals surface area contributed by atoms with Crippen LogP contribution in [0, 0.1) is 6.92 Å². The molecule has 0 aliphatic carbocycles. The summed E-state index contributed by atoms with van der Waals surface area (Å²) in [7, 11) is 3.36. The normalized spacial score (nSPS) is 10.9. The molecule has 0 radical (unpaired) electrons. The molecule has 0 bridgehead atoms. The van der Waals surface area contributed by atoms with Gasteiger partial charge in [-0.15, -0.1) is 10.2 Å². The van der Waals surface area contributed by atoms with E-state index in [9.17, 15) is 13.6 Å². The van der Waals surface area contributed by atoms with Crippen LogP contribution in [0.25, 0.3) is 11.5 Å². The smallest absolute Gasteiger partial charge is 0.314 e. The molecule has 2 aromatic heterocycles. The first-order chi connectivity index (χ1) is 13.3. The predicted molar refractivity (Wildman–Crippen MR) is 97.2 cm³/mol. The van der Waals surface area contributed by atoms with E-state index in [-0.39, 0.29) is 29.1 Å². The van der Waals surface area contributed by atoms with E-state index in [0.29, 0.717) is 11.3 Å². The van der Waals surface area contributed by atoms with Gasteiger partial charge in [-0.25, -0.2) is 4.98 Å². The van der Waals surface area contributed by atoms with Crippen molar-refractivity contribution < 1.29 is 18.0 Å². The summed E-state index contributed by atoms with van der Waals surface area (Å²) < 4.78 is 30.0. The van der Waals surface area contributed by atoms with E-state index in [0.717, 1.165) is 5.56 Å². The number of rotatable bonds is 5. The molecule has 28 heavy (non-hydrogen) atoms. The lowest BCUT2D eigenvalue weighted by atomic mass is 10.1. The van der Waals surface area contributed by atoms with Gasteiger partial charge < -0.3 is 20.4 Å². The van der Waals surface area contributed by atoms with Crippen LogP contribution >= 0.6 is 0 Å². The molecule has 0 aliphatic heterocycles. The molecule has 2 heterocycles. The van der Waals surface area contributed by atoms with Gasteiger partial charge in [0.15, 0.2) is 0 Å². The lowest BCUT2D eigenvalue weighted by Gasteiger charge is -2.14. The summed E-state index contributed by atoms with van der Waals surface area (Å²) in [5, 5.41) is 9.73. The van der Waals surface area contributed by atoms with Gasteiger partial charge in [0.05, 0.1) is 5.56 Å². The second-order valence-corrected chi connectivity index (χ2v) is 6.09. The first kappa shape index (κ1) is 19.1. The number of nitrogens with two attached hydrogens (primary N) is 1.